The van der Waals surface area contributed by atoms with Gasteiger partial charge in [0.25, 0.3) is 0 Å². The molecule has 1 heterocycles. The van der Waals surface area contributed by atoms with Gasteiger partial charge in [-0.1, -0.05) is 18.2 Å². The fourth-order valence-corrected chi connectivity index (χ4v) is 2.84. The minimum absolute atomic E-state index is 0.125. The molecule has 1 aromatic rings. The number of amides is 1. The number of benzene rings is 1. The average Bonchev–Trinajstić information content (AvgIpc) is 2.53. The number of nitrogens with zero attached hydrogens (tertiary/aromatic N) is 2. The molecule has 1 aromatic carbocycles. The van der Waals surface area contributed by atoms with Crippen molar-refractivity contribution in [3.8, 4) is 5.75 Å². The molecule has 1 N–H and O–H groups in total. The second kappa shape index (κ2) is 8.15. The van der Waals surface area contributed by atoms with E-state index in [0.29, 0.717) is 32.4 Å². The molecule has 1 radical (unpaired) electrons. The second-order valence-corrected chi connectivity index (χ2v) is 5.53. The molecular weight excluding hydrogens is 280 g/mol. The van der Waals surface area contributed by atoms with Crippen molar-refractivity contribution in [2.75, 3.05) is 26.7 Å². The number of carbonyl (C=O) groups is 1. The SMILES string of the molecule is [CH2]CN1C(=O)CCCN1CCC(O)Cc1ccccc1OC. The molecule has 1 fully saturated rings. The number of ether oxygens (including phenoxy) is 1. The van der Waals surface area contributed by atoms with Crippen LogP contribution in [0.4, 0.5) is 0 Å². The summed E-state index contributed by atoms with van der Waals surface area (Å²) in [5, 5.41) is 14.0. The Morgan fingerprint density at radius 1 is 1.41 bits per heavy atom. The van der Waals surface area contributed by atoms with Crippen LogP contribution in [0.1, 0.15) is 24.8 Å². The number of aliphatic hydroxyl groups is 1. The van der Waals surface area contributed by atoms with E-state index in [1.165, 1.54) is 0 Å². The predicted molar refractivity (Wildman–Crippen MR) is 85.2 cm³/mol. The number of carbonyl (C=O) groups excluding carboxylic acids is 1. The van der Waals surface area contributed by atoms with Crippen LogP contribution in [0.5, 0.6) is 5.75 Å². The molecule has 0 aromatic heterocycles. The van der Waals surface area contributed by atoms with Crippen molar-refractivity contribution in [1.82, 2.24) is 10.0 Å². The lowest BCUT2D eigenvalue weighted by molar-refractivity contribution is -0.154. The molecule has 1 amide bonds. The number of para-hydroxylation sites is 1. The van der Waals surface area contributed by atoms with E-state index >= 15 is 0 Å². The summed E-state index contributed by atoms with van der Waals surface area (Å²) in [6.07, 6.45) is 2.17. The topological polar surface area (TPSA) is 53.0 Å². The van der Waals surface area contributed by atoms with E-state index in [-0.39, 0.29) is 5.91 Å². The van der Waals surface area contributed by atoms with Crippen LogP contribution < -0.4 is 4.74 Å². The number of methoxy groups -OCH3 is 1. The van der Waals surface area contributed by atoms with E-state index in [1.54, 1.807) is 12.1 Å². The zero-order chi connectivity index (χ0) is 15.9. The zero-order valence-electron chi connectivity index (χ0n) is 13.2. The third kappa shape index (κ3) is 4.21. The lowest BCUT2D eigenvalue weighted by Crippen LogP contribution is -2.51. The first-order chi connectivity index (χ1) is 10.7. The third-order valence-electron chi connectivity index (χ3n) is 4.02. The first-order valence-electron chi connectivity index (χ1n) is 7.80. The van der Waals surface area contributed by atoms with Gasteiger partial charge >= 0.3 is 0 Å². The molecule has 1 atom stereocenters. The van der Waals surface area contributed by atoms with E-state index in [4.69, 9.17) is 4.74 Å². The zero-order valence-corrected chi connectivity index (χ0v) is 13.2. The maximum Gasteiger partial charge on any atom is 0.236 e. The molecule has 0 bridgehead atoms. The molecule has 1 saturated heterocycles. The molecule has 5 heteroatoms. The van der Waals surface area contributed by atoms with Gasteiger partial charge in [0, 0.05) is 32.5 Å². The Balaban J connectivity index is 1.87. The van der Waals surface area contributed by atoms with Gasteiger partial charge in [0.2, 0.25) is 5.91 Å². The molecule has 1 aliphatic heterocycles. The van der Waals surface area contributed by atoms with E-state index in [9.17, 15) is 9.90 Å². The lowest BCUT2D eigenvalue weighted by Gasteiger charge is -2.38. The monoisotopic (exact) mass is 305 g/mol. The highest BCUT2D eigenvalue weighted by Crippen LogP contribution is 2.20. The summed E-state index contributed by atoms with van der Waals surface area (Å²) in [5.74, 6) is 0.926. The Kier molecular flexibility index (Phi) is 6.21. The molecular formula is C17H25N2O3. The highest BCUT2D eigenvalue weighted by molar-refractivity contribution is 5.76. The molecule has 1 unspecified atom stereocenters. The van der Waals surface area contributed by atoms with Gasteiger partial charge in [0.15, 0.2) is 0 Å². The summed E-state index contributed by atoms with van der Waals surface area (Å²) in [7, 11) is 1.64. The molecule has 5 nitrogen and oxygen atoms in total. The van der Waals surface area contributed by atoms with Gasteiger partial charge in [-0.25, -0.2) is 5.01 Å². The third-order valence-corrected chi connectivity index (χ3v) is 4.02. The van der Waals surface area contributed by atoms with E-state index in [1.807, 2.05) is 29.3 Å². The lowest BCUT2D eigenvalue weighted by atomic mass is 10.0. The van der Waals surface area contributed by atoms with Crippen LogP contribution in [0.2, 0.25) is 0 Å². The number of rotatable bonds is 7. The molecule has 121 valence electrons. The Morgan fingerprint density at radius 2 is 2.18 bits per heavy atom. The fraction of sp³-hybridized carbons (Fsp3) is 0.529. The first kappa shape index (κ1) is 16.8. The van der Waals surface area contributed by atoms with Gasteiger partial charge in [-0.3, -0.25) is 9.80 Å². The highest BCUT2D eigenvalue weighted by atomic mass is 16.5. The number of hydrazine groups is 1. The smallest absolute Gasteiger partial charge is 0.236 e. The summed E-state index contributed by atoms with van der Waals surface area (Å²) in [4.78, 5) is 11.8. The van der Waals surface area contributed by atoms with Gasteiger partial charge in [-0.2, -0.15) is 0 Å². The van der Waals surface area contributed by atoms with Gasteiger partial charge in [-0.05, 0) is 31.4 Å². The number of hydrogen-bond acceptors (Lipinski definition) is 4. The van der Waals surface area contributed by atoms with Crippen molar-refractivity contribution < 1.29 is 14.6 Å². The van der Waals surface area contributed by atoms with E-state index < -0.39 is 6.10 Å². The summed E-state index contributed by atoms with van der Waals surface area (Å²) in [5.41, 5.74) is 1.00. The van der Waals surface area contributed by atoms with Crippen LogP contribution in [0, 0.1) is 6.92 Å². The minimum Gasteiger partial charge on any atom is -0.496 e. The first-order valence-corrected chi connectivity index (χ1v) is 7.80. The fourth-order valence-electron chi connectivity index (χ4n) is 2.84. The van der Waals surface area contributed by atoms with Gasteiger partial charge in [0.1, 0.15) is 5.75 Å². The molecule has 0 aliphatic carbocycles. The van der Waals surface area contributed by atoms with E-state index in [0.717, 1.165) is 24.3 Å². The van der Waals surface area contributed by atoms with Crippen molar-refractivity contribution >= 4 is 5.91 Å². The van der Waals surface area contributed by atoms with Gasteiger partial charge < -0.3 is 9.84 Å². The second-order valence-electron chi connectivity index (χ2n) is 5.53. The maximum atomic E-state index is 11.8. The maximum absolute atomic E-state index is 11.8. The molecule has 2 rings (SSSR count). The van der Waals surface area contributed by atoms with Crippen molar-refractivity contribution in [2.45, 2.75) is 31.8 Å². The highest BCUT2D eigenvalue weighted by Gasteiger charge is 2.24. The summed E-state index contributed by atoms with van der Waals surface area (Å²) < 4.78 is 5.31. The molecule has 1 aliphatic rings. The summed E-state index contributed by atoms with van der Waals surface area (Å²) >= 11 is 0. The van der Waals surface area contributed by atoms with Crippen molar-refractivity contribution in [3.63, 3.8) is 0 Å². The van der Waals surface area contributed by atoms with Crippen LogP contribution in [0.25, 0.3) is 0 Å². The van der Waals surface area contributed by atoms with Crippen molar-refractivity contribution in [2.24, 2.45) is 0 Å². The van der Waals surface area contributed by atoms with Gasteiger partial charge in [-0.15, -0.1) is 0 Å². The summed E-state index contributed by atoms with van der Waals surface area (Å²) in [6, 6.07) is 7.73. The molecule has 0 saturated carbocycles. The molecule has 0 spiro atoms. The quantitative estimate of drug-likeness (QED) is 0.832. The largest absolute Gasteiger partial charge is 0.496 e. The van der Waals surface area contributed by atoms with Crippen LogP contribution in [-0.2, 0) is 11.2 Å². The summed E-state index contributed by atoms with van der Waals surface area (Å²) in [6.45, 7) is 5.77. The van der Waals surface area contributed by atoms with Crippen LogP contribution in [0.3, 0.4) is 0 Å². The average molecular weight is 305 g/mol. The van der Waals surface area contributed by atoms with Crippen LogP contribution in [0.15, 0.2) is 24.3 Å². The Bertz CT molecular complexity index is 493. The Morgan fingerprint density at radius 3 is 2.91 bits per heavy atom. The Hall–Kier alpha value is -1.59. The Labute approximate surface area is 132 Å². The number of hydrogen-bond donors (Lipinski definition) is 1. The standard InChI is InChI=1S/C17H25N2O3/c1-3-19-17(21)9-6-11-18(19)12-10-15(20)13-14-7-4-5-8-16(14)22-2/h4-5,7-8,15,20H,1,3,6,9-13H2,2H3. The molecule has 22 heavy (non-hydrogen) atoms. The van der Waals surface area contributed by atoms with Crippen LogP contribution in [-0.4, -0.2) is 53.9 Å². The predicted octanol–water partition coefficient (Wildman–Crippen LogP) is 1.66. The van der Waals surface area contributed by atoms with E-state index in [2.05, 4.69) is 6.92 Å². The minimum atomic E-state index is -0.458. The van der Waals surface area contributed by atoms with Crippen molar-refractivity contribution in [1.29, 1.82) is 0 Å². The van der Waals surface area contributed by atoms with Gasteiger partial charge in [0.05, 0.1) is 13.2 Å². The van der Waals surface area contributed by atoms with Crippen molar-refractivity contribution in [3.05, 3.63) is 36.8 Å². The normalized spacial score (nSPS) is 17.6. The van der Waals surface area contributed by atoms with Crippen LogP contribution >= 0.6 is 0 Å². The number of aliphatic hydroxyl groups excluding tert-OH is 1.